The van der Waals surface area contributed by atoms with Crippen LogP contribution in [0.15, 0.2) is 17.0 Å². The molecule has 3 rings (SSSR count). The summed E-state index contributed by atoms with van der Waals surface area (Å²) in [4.78, 5) is 14.0. The highest BCUT2D eigenvalue weighted by Gasteiger charge is 2.28. The van der Waals surface area contributed by atoms with E-state index >= 15 is 0 Å². The van der Waals surface area contributed by atoms with Crippen molar-refractivity contribution in [3.8, 4) is 0 Å². The van der Waals surface area contributed by atoms with Gasteiger partial charge in [-0.3, -0.25) is 4.79 Å². The maximum atomic E-state index is 13.8. The fraction of sp³-hybridized carbons (Fsp3) is 0.400. The zero-order valence-corrected chi connectivity index (χ0v) is 12.8. The minimum atomic E-state index is -3.58. The van der Waals surface area contributed by atoms with Crippen LogP contribution in [0.4, 0.5) is 4.39 Å². The number of carbonyl (C=O) groups is 1. The predicted octanol–water partition coefficient (Wildman–Crippen LogP) is 2.61. The summed E-state index contributed by atoms with van der Waals surface area (Å²) in [6.07, 6.45) is 3.25. The molecule has 2 N–H and O–H groups in total. The number of rotatable bonds is 3. The number of hydrogen-bond donors (Lipinski definition) is 2. The van der Waals surface area contributed by atoms with Gasteiger partial charge in [-0.05, 0) is 37.0 Å². The van der Waals surface area contributed by atoms with Crippen LogP contribution in [0, 0.1) is 5.82 Å². The van der Waals surface area contributed by atoms with Crippen LogP contribution in [-0.2, 0) is 21.1 Å². The second-order valence-electron chi connectivity index (χ2n) is 5.80. The van der Waals surface area contributed by atoms with E-state index in [4.69, 9.17) is 5.11 Å². The van der Waals surface area contributed by atoms with Crippen molar-refractivity contribution in [3.05, 3.63) is 29.2 Å². The summed E-state index contributed by atoms with van der Waals surface area (Å²) in [6.45, 7) is 0. The van der Waals surface area contributed by atoms with E-state index in [1.807, 2.05) is 0 Å². The van der Waals surface area contributed by atoms with Crippen LogP contribution in [0.1, 0.15) is 36.4 Å². The lowest BCUT2D eigenvalue weighted by Crippen LogP contribution is -2.13. The molecule has 22 heavy (non-hydrogen) atoms. The Labute approximate surface area is 127 Å². The maximum Gasteiger partial charge on any atom is 0.304 e. The standard InChI is InChI=1S/C15H16FNO4S/c1-22(20,21)12-7-9(16)6-11-10-4-2-3-8(5-13(18)19)14(10)17-15(11)12/h6-8,17H,2-5H2,1H3,(H,18,19). The first kappa shape index (κ1) is 15.0. The molecule has 0 saturated heterocycles. The van der Waals surface area contributed by atoms with Crippen molar-refractivity contribution in [1.82, 2.24) is 4.98 Å². The number of aromatic nitrogens is 1. The number of halogens is 1. The largest absolute Gasteiger partial charge is 0.481 e. The van der Waals surface area contributed by atoms with Crippen LogP contribution in [-0.4, -0.2) is 30.7 Å². The number of carboxylic acids is 1. The van der Waals surface area contributed by atoms with Gasteiger partial charge in [0.05, 0.1) is 16.8 Å². The molecule has 1 aromatic heterocycles. The summed E-state index contributed by atoms with van der Waals surface area (Å²) in [5.41, 5.74) is 1.96. The number of carboxylic acid groups (broad SMARTS) is 1. The maximum absolute atomic E-state index is 13.8. The molecule has 1 aromatic carbocycles. The van der Waals surface area contributed by atoms with Gasteiger partial charge in [0, 0.05) is 23.3 Å². The summed E-state index contributed by atoms with van der Waals surface area (Å²) in [5.74, 6) is -1.69. The summed E-state index contributed by atoms with van der Waals surface area (Å²) >= 11 is 0. The van der Waals surface area contributed by atoms with Gasteiger partial charge in [0.1, 0.15) is 5.82 Å². The number of aryl methyl sites for hydroxylation is 1. The van der Waals surface area contributed by atoms with Gasteiger partial charge in [-0.15, -0.1) is 0 Å². The molecule has 0 fully saturated rings. The molecule has 0 saturated carbocycles. The lowest BCUT2D eigenvalue weighted by molar-refractivity contribution is -0.137. The molecule has 1 aliphatic rings. The molecule has 0 radical (unpaired) electrons. The van der Waals surface area contributed by atoms with Crippen molar-refractivity contribution < 1.29 is 22.7 Å². The monoisotopic (exact) mass is 325 g/mol. The molecule has 0 bridgehead atoms. The molecule has 5 nitrogen and oxygen atoms in total. The molecule has 2 aromatic rings. The smallest absolute Gasteiger partial charge is 0.304 e. The van der Waals surface area contributed by atoms with Crippen LogP contribution in [0.3, 0.4) is 0 Å². The van der Waals surface area contributed by atoms with Crippen molar-refractivity contribution in [3.63, 3.8) is 0 Å². The number of benzene rings is 1. The topological polar surface area (TPSA) is 87.2 Å². The first-order valence-electron chi connectivity index (χ1n) is 7.03. The average molecular weight is 325 g/mol. The van der Waals surface area contributed by atoms with E-state index in [0.717, 1.165) is 36.4 Å². The van der Waals surface area contributed by atoms with Crippen molar-refractivity contribution in [2.75, 3.05) is 6.26 Å². The highest BCUT2D eigenvalue weighted by atomic mass is 32.2. The number of aromatic amines is 1. The van der Waals surface area contributed by atoms with Gasteiger partial charge in [0.2, 0.25) is 0 Å². The lowest BCUT2D eigenvalue weighted by Gasteiger charge is -2.20. The Kier molecular flexibility index (Phi) is 3.47. The number of hydrogen-bond acceptors (Lipinski definition) is 3. The molecule has 1 atom stereocenters. The lowest BCUT2D eigenvalue weighted by atomic mass is 9.85. The van der Waals surface area contributed by atoms with Crippen LogP contribution in [0.25, 0.3) is 10.9 Å². The second kappa shape index (κ2) is 5.08. The molecule has 0 spiro atoms. The van der Waals surface area contributed by atoms with E-state index in [0.29, 0.717) is 17.3 Å². The highest BCUT2D eigenvalue weighted by Crippen LogP contribution is 2.39. The van der Waals surface area contributed by atoms with E-state index < -0.39 is 21.6 Å². The molecule has 0 aliphatic heterocycles. The molecule has 118 valence electrons. The molecule has 0 amide bonds. The zero-order valence-electron chi connectivity index (χ0n) is 12.0. The summed E-state index contributed by atoms with van der Waals surface area (Å²) in [6, 6.07) is 2.33. The second-order valence-corrected chi connectivity index (χ2v) is 7.79. The molecular formula is C15H16FNO4S. The first-order valence-corrected chi connectivity index (χ1v) is 8.92. The van der Waals surface area contributed by atoms with Crippen LogP contribution >= 0.6 is 0 Å². The van der Waals surface area contributed by atoms with Gasteiger partial charge in [-0.25, -0.2) is 12.8 Å². The third kappa shape index (κ3) is 2.49. The minimum Gasteiger partial charge on any atom is -0.481 e. The highest BCUT2D eigenvalue weighted by molar-refractivity contribution is 7.91. The fourth-order valence-electron chi connectivity index (χ4n) is 3.30. The summed E-state index contributed by atoms with van der Waals surface area (Å²) in [5, 5.41) is 9.57. The van der Waals surface area contributed by atoms with E-state index in [9.17, 15) is 17.6 Å². The predicted molar refractivity (Wildman–Crippen MR) is 79.3 cm³/mol. The minimum absolute atomic E-state index is 0.0173. The van der Waals surface area contributed by atoms with E-state index in [2.05, 4.69) is 4.98 Å². The Balaban J connectivity index is 2.28. The third-order valence-electron chi connectivity index (χ3n) is 4.18. The van der Waals surface area contributed by atoms with Gasteiger partial charge in [0.25, 0.3) is 0 Å². The number of nitrogens with one attached hydrogen (secondary N) is 1. The van der Waals surface area contributed by atoms with Crippen LogP contribution in [0.2, 0.25) is 0 Å². The van der Waals surface area contributed by atoms with Gasteiger partial charge < -0.3 is 10.1 Å². The molecule has 1 heterocycles. The Morgan fingerprint density at radius 3 is 2.82 bits per heavy atom. The van der Waals surface area contributed by atoms with Crippen LogP contribution < -0.4 is 0 Å². The molecule has 7 heteroatoms. The number of aliphatic carboxylic acids is 1. The van der Waals surface area contributed by atoms with Gasteiger partial charge in [-0.2, -0.15) is 0 Å². The Hall–Kier alpha value is -1.89. The Morgan fingerprint density at radius 1 is 1.45 bits per heavy atom. The molecule has 1 aliphatic carbocycles. The fourth-order valence-corrected chi connectivity index (χ4v) is 4.16. The van der Waals surface area contributed by atoms with E-state index in [1.165, 1.54) is 6.07 Å². The van der Waals surface area contributed by atoms with Gasteiger partial charge in [0.15, 0.2) is 9.84 Å². The average Bonchev–Trinajstić information content (AvgIpc) is 2.76. The number of H-pyrrole nitrogens is 1. The van der Waals surface area contributed by atoms with Gasteiger partial charge >= 0.3 is 5.97 Å². The Morgan fingerprint density at radius 2 is 2.18 bits per heavy atom. The first-order chi connectivity index (χ1) is 10.3. The molecule has 1 unspecified atom stereocenters. The number of fused-ring (bicyclic) bond motifs is 3. The van der Waals surface area contributed by atoms with E-state index in [1.54, 1.807) is 0 Å². The van der Waals surface area contributed by atoms with Crippen molar-refractivity contribution in [2.45, 2.75) is 36.5 Å². The van der Waals surface area contributed by atoms with Gasteiger partial charge in [-0.1, -0.05) is 0 Å². The van der Waals surface area contributed by atoms with Crippen molar-refractivity contribution >= 4 is 26.7 Å². The zero-order chi connectivity index (χ0) is 16.1. The normalized spacial score (nSPS) is 18.4. The van der Waals surface area contributed by atoms with Crippen LogP contribution in [0.5, 0.6) is 0 Å². The molecular weight excluding hydrogens is 309 g/mol. The Bertz CT molecular complexity index is 869. The summed E-state index contributed by atoms with van der Waals surface area (Å²) in [7, 11) is -3.58. The van der Waals surface area contributed by atoms with Crippen molar-refractivity contribution in [2.24, 2.45) is 0 Å². The SMILES string of the molecule is CS(=O)(=O)c1cc(F)cc2c3c([nH]c12)C(CC(=O)O)CCC3. The van der Waals surface area contributed by atoms with E-state index in [-0.39, 0.29) is 17.2 Å². The third-order valence-corrected chi connectivity index (χ3v) is 5.31. The quantitative estimate of drug-likeness (QED) is 0.908. The number of sulfone groups is 1. The van der Waals surface area contributed by atoms with Crippen molar-refractivity contribution in [1.29, 1.82) is 0 Å². The summed E-state index contributed by atoms with van der Waals surface area (Å²) < 4.78 is 37.6.